The molecule has 0 heterocycles. The number of hydrogen-bond donors (Lipinski definition) is 1. The van der Waals surface area contributed by atoms with Crippen molar-refractivity contribution >= 4 is 23.2 Å². The second kappa shape index (κ2) is 8.91. The molecule has 0 aromatic heterocycles. The molecule has 0 radical (unpaired) electrons. The maximum atomic E-state index is 6.06. The maximum absolute atomic E-state index is 6.06. The van der Waals surface area contributed by atoms with E-state index < -0.39 is 0 Å². The van der Waals surface area contributed by atoms with Gasteiger partial charge in [-0.15, -0.1) is 0 Å². The predicted molar refractivity (Wildman–Crippen MR) is 104 cm³/mol. The van der Waals surface area contributed by atoms with Crippen molar-refractivity contribution in [3.05, 3.63) is 99.5 Å². The molecule has 0 fully saturated rings. The van der Waals surface area contributed by atoms with Gasteiger partial charge in [-0.1, -0.05) is 77.8 Å². The molecule has 0 amide bonds. The molecule has 0 aliphatic carbocycles. The molecule has 0 bridgehead atoms. The Morgan fingerprint density at radius 3 is 2.28 bits per heavy atom. The zero-order valence-corrected chi connectivity index (χ0v) is 15.2. The minimum absolute atomic E-state index is 0.451. The first kappa shape index (κ1) is 17.8. The summed E-state index contributed by atoms with van der Waals surface area (Å²) in [5.41, 5.74) is 3.37. The van der Waals surface area contributed by atoms with Crippen molar-refractivity contribution in [2.75, 3.05) is 0 Å². The van der Waals surface area contributed by atoms with E-state index in [1.54, 1.807) is 6.07 Å². The van der Waals surface area contributed by atoms with Gasteiger partial charge in [0.25, 0.3) is 0 Å². The van der Waals surface area contributed by atoms with Gasteiger partial charge in [-0.25, -0.2) is 0 Å². The third-order valence-corrected chi connectivity index (χ3v) is 4.58. The van der Waals surface area contributed by atoms with Crippen LogP contribution >= 0.6 is 23.2 Å². The van der Waals surface area contributed by atoms with Gasteiger partial charge in [-0.2, -0.15) is 0 Å². The Labute approximate surface area is 158 Å². The van der Waals surface area contributed by atoms with E-state index >= 15 is 0 Å². The maximum Gasteiger partial charge on any atom is 0.124 e. The van der Waals surface area contributed by atoms with E-state index in [4.69, 9.17) is 27.9 Å². The molecule has 3 aromatic carbocycles. The second-order valence-corrected chi connectivity index (χ2v) is 6.55. The summed E-state index contributed by atoms with van der Waals surface area (Å²) in [6.45, 7) is 2.01. The quantitative estimate of drug-likeness (QED) is 0.561. The lowest BCUT2D eigenvalue weighted by molar-refractivity contribution is 0.302. The highest BCUT2D eigenvalue weighted by Crippen LogP contribution is 2.24. The van der Waals surface area contributed by atoms with Crippen LogP contribution in [0.3, 0.4) is 0 Å². The van der Waals surface area contributed by atoms with E-state index in [0.717, 1.165) is 30.0 Å². The Morgan fingerprint density at radius 2 is 1.48 bits per heavy atom. The van der Waals surface area contributed by atoms with E-state index in [1.807, 2.05) is 48.5 Å². The van der Waals surface area contributed by atoms with Gasteiger partial charge in [0.05, 0.1) is 10.0 Å². The number of ether oxygens (including phenoxy) is 1. The molecule has 3 rings (SSSR count). The zero-order chi connectivity index (χ0) is 17.5. The molecule has 0 saturated heterocycles. The van der Waals surface area contributed by atoms with Crippen LogP contribution in [0.2, 0.25) is 10.0 Å². The summed E-state index contributed by atoms with van der Waals surface area (Å²) < 4.78 is 5.98. The second-order valence-electron chi connectivity index (χ2n) is 5.73. The minimum Gasteiger partial charge on any atom is -0.489 e. The minimum atomic E-state index is 0.451. The topological polar surface area (TPSA) is 21.3 Å². The van der Waals surface area contributed by atoms with E-state index in [-0.39, 0.29) is 0 Å². The van der Waals surface area contributed by atoms with Gasteiger partial charge in [-0.3, -0.25) is 0 Å². The van der Waals surface area contributed by atoms with E-state index in [9.17, 15) is 0 Å². The standard InChI is InChI=1S/C21H19Cl2NO/c22-19-11-10-17(12-20(19)23)15-25-21-9-5-4-8-18(21)14-24-13-16-6-2-1-3-7-16/h1-12,24H,13-15H2. The van der Waals surface area contributed by atoms with E-state index in [2.05, 4.69) is 23.5 Å². The first-order valence-corrected chi connectivity index (χ1v) is 8.87. The van der Waals surface area contributed by atoms with Gasteiger partial charge in [0.2, 0.25) is 0 Å². The predicted octanol–water partition coefficient (Wildman–Crippen LogP) is 5.86. The van der Waals surface area contributed by atoms with Crippen molar-refractivity contribution in [1.82, 2.24) is 5.32 Å². The summed E-state index contributed by atoms with van der Waals surface area (Å²) >= 11 is 12.0. The molecule has 3 aromatic rings. The highest BCUT2D eigenvalue weighted by Gasteiger charge is 2.05. The van der Waals surface area contributed by atoms with Crippen molar-refractivity contribution in [2.45, 2.75) is 19.7 Å². The summed E-state index contributed by atoms with van der Waals surface area (Å²) in [6.07, 6.45) is 0. The van der Waals surface area contributed by atoms with Crippen LogP contribution in [-0.4, -0.2) is 0 Å². The lowest BCUT2D eigenvalue weighted by Gasteiger charge is -2.13. The van der Waals surface area contributed by atoms with Crippen molar-refractivity contribution < 1.29 is 4.74 Å². The molecule has 128 valence electrons. The fraction of sp³-hybridized carbons (Fsp3) is 0.143. The Balaban J connectivity index is 1.59. The van der Waals surface area contributed by atoms with Crippen LogP contribution in [0.4, 0.5) is 0 Å². The monoisotopic (exact) mass is 371 g/mol. The van der Waals surface area contributed by atoms with E-state index in [0.29, 0.717) is 16.7 Å². The normalized spacial score (nSPS) is 10.6. The molecule has 0 spiro atoms. The van der Waals surface area contributed by atoms with Crippen molar-refractivity contribution in [2.24, 2.45) is 0 Å². The highest BCUT2D eigenvalue weighted by atomic mass is 35.5. The molecular weight excluding hydrogens is 353 g/mol. The zero-order valence-electron chi connectivity index (χ0n) is 13.7. The van der Waals surface area contributed by atoms with Crippen LogP contribution < -0.4 is 10.1 Å². The fourth-order valence-corrected chi connectivity index (χ4v) is 2.84. The summed E-state index contributed by atoms with van der Waals surface area (Å²) in [5.74, 6) is 0.870. The molecule has 0 atom stereocenters. The van der Waals surface area contributed by atoms with Gasteiger partial charge in [0.15, 0.2) is 0 Å². The fourth-order valence-electron chi connectivity index (χ4n) is 2.52. The van der Waals surface area contributed by atoms with Crippen LogP contribution in [-0.2, 0) is 19.7 Å². The lowest BCUT2D eigenvalue weighted by Crippen LogP contribution is -2.13. The Bertz CT molecular complexity index is 821. The Kier molecular flexibility index (Phi) is 6.35. The summed E-state index contributed by atoms with van der Waals surface area (Å²) in [7, 11) is 0. The van der Waals surface area contributed by atoms with Crippen molar-refractivity contribution in [3.8, 4) is 5.75 Å². The Hall–Kier alpha value is -2.00. The number of hydrogen-bond acceptors (Lipinski definition) is 2. The summed E-state index contributed by atoms with van der Waals surface area (Å²) in [4.78, 5) is 0. The first-order chi connectivity index (χ1) is 12.2. The smallest absolute Gasteiger partial charge is 0.124 e. The van der Waals surface area contributed by atoms with Crippen molar-refractivity contribution in [3.63, 3.8) is 0 Å². The SMILES string of the molecule is Clc1ccc(COc2ccccc2CNCc2ccccc2)cc1Cl. The van der Waals surface area contributed by atoms with Gasteiger partial charge in [-0.05, 0) is 29.3 Å². The Morgan fingerprint density at radius 1 is 0.720 bits per heavy atom. The molecule has 0 unspecified atom stereocenters. The molecule has 1 N–H and O–H groups in total. The van der Waals surface area contributed by atoms with Crippen LogP contribution in [0.1, 0.15) is 16.7 Å². The molecule has 4 heteroatoms. The molecule has 0 saturated carbocycles. The largest absolute Gasteiger partial charge is 0.489 e. The summed E-state index contributed by atoms with van der Waals surface area (Å²) in [5, 5.41) is 4.55. The molecule has 0 aliphatic heterocycles. The van der Waals surface area contributed by atoms with Gasteiger partial charge in [0.1, 0.15) is 12.4 Å². The van der Waals surface area contributed by atoms with Gasteiger partial charge >= 0.3 is 0 Å². The number of benzene rings is 3. The van der Waals surface area contributed by atoms with Crippen LogP contribution in [0, 0.1) is 0 Å². The number of rotatable bonds is 7. The van der Waals surface area contributed by atoms with E-state index in [1.165, 1.54) is 5.56 Å². The molecule has 0 aliphatic rings. The molecule has 25 heavy (non-hydrogen) atoms. The first-order valence-electron chi connectivity index (χ1n) is 8.11. The van der Waals surface area contributed by atoms with Crippen LogP contribution in [0.5, 0.6) is 5.75 Å². The molecular formula is C21H19Cl2NO. The third kappa shape index (κ3) is 5.23. The summed E-state index contributed by atoms with van der Waals surface area (Å²) in [6, 6.07) is 23.9. The number of para-hydroxylation sites is 1. The average Bonchev–Trinajstić information content (AvgIpc) is 2.64. The van der Waals surface area contributed by atoms with Gasteiger partial charge < -0.3 is 10.1 Å². The van der Waals surface area contributed by atoms with Crippen LogP contribution in [0.25, 0.3) is 0 Å². The number of halogens is 2. The molecule has 2 nitrogen and oxygen atoms in total. The lowest BCUT2D eigenvalue weighted by atomic mass is 10.2. The highest BCUT2D eigenvalue weighted by molar-refractivity contribution is 6.42. The van der Waals surface area contributed by atoms with Crippen molar-refractivity contribution in [1.29, 1.82) is 0 Å². The van der Waals surface area contributed by atoms with Gasteiger partial charge in [0, 0.05) is 18.7 Å². The third-order valence-electron chi connectivity index (χ3n) is 3.84. The van der Waals surface area contributed by atoms with Crippen LogP contribution in [0.15, 0.2) is 72.8 Å². The average molecular weight is 372 g/mol. The number of nitrogens with one attached hydrogen (secondary N) is 1.